The quantitative estimate of drug-likeness (QED) is 0.649. The maximum Gasteiger partial charge on any atom is 0.242 e. The van der Waals surface area contributed by atoms with Crippen LogP contribution in [0, 0.1) is 12.8 Å². The first-order chi connectivity index (χ1) is 14.7. The Balaban J connectivity index is 1.73. The highest BCUT2D eigenvalue weighted by Crippen LogP contribution is 2.27. The van der Waals surface area contributed by atoms with E-state index in [0.717, 1.165) is 18.7 Å². The number of nitrogens with zero attached hydrogens (tertiary/aromatic N) is 1. The first kappa shape index (κ1) is 23.1. The zero-order chi connectivity index (χ0) is 22.6. The minimum atomic E-state index is -3.87. The molecule has 0 saturated carbocycles. The summed E-state index contributed by atoms with van der Waals surface area (Å²) < 4.78 is 33.2. The fraction of sp³-hybridized carbons (Fsp3) is 0.435. The number of anilines is 2. The number of ether oxygens (including phenoxy) is 1. The second-order valence-electron chi connectivity index (χ2n) is 8.20. The standard InChI is InChI=1S/C23H31N3O4S/c1-16(2)22(25-31(28,29)20-10-8-19(30-4)9-11-20)23(27)24-18-7-12-21(17(3)15-18)26-13-5-6-14-26/h7-12,15-16,22,25H,5-6,13-14H2,1-4H3,(H,24,27)/t22-/m0/s1. The number of carbonyl (C=O) groups excluding carboxylic acids is 1. The van der Waals surface area contributed by atoms with E-state index in [9.17, 15) is 13.2 Å². The highest BCUT2D eigenvalue weighted by molar-refractivity contribution is 7.89. The molecule has 1 aliphatic rings. The second-order valence-corrected chi connectivity index (χ2v) is 9.92. The Hall–Kier alpha value is -2.58. The van der Waals surface area contributed by atoms with Crippen LogP contribution >= 0.6 is 0 Å². The van der Waals surface area contributed by atoms with E-state index in [2.05, 4.69) is 14.9 Å². The van der Waals surface area contributed by atoms with Gasteiger partial charge in [0.25, 0.3) is 0 Å². The molecule has 3 rings (SSSR count). The third kappa shape index (κ3) is 5.57. The Kier molecular flexibility index (Phi) is 7.23. The topological polar surface area (TPSA) is 87.7 Å². The van der Waals surface area contributed by atoms with Crippen LogP contribution in [0.3, 0.4) is 0 Å². The van der Waals surface area contributed by atoms with Crippen molar-refractivity contribution in [3.05, 3.63) is 48.0 Å². The molecule has 1 heterocycles. The van der Waals surface area contributed by atoms with Crippen molar-refractivity contribution in [1.29, 1.82) is 0 Å². The third-order valence-corrected chi connectivity index (χ3v) is 6.97. The number of sulfonamides is 1. The number of benzene rings is 2. The van der Waals surface area contributed by atoms with Gasteiger partial charge in [0.2, 0.25) is 15.9 Å². The zero-order valence-electron chi connectivity index (χ0n) is 18.5. The molecule has 1 atom stereocenters. The van der Waals surface area contributed by atoms with Gasteiger partial charge in [-0.25, -0.2) is 8.42 Å². The Morgan fingerprint density at radius 1 is 1.06 bits per heavy atom. The molecule has 168 valence electrons. The summed E-state index contributed by atoms with van der Waals surface area (Å²) in [5.41, 5.74) is 2.91. The first-order valence-corrected chi connectivity index (χ1v) is 12.0. The molecule has 1 saturated heterocycles. The molecule has 0 spiro atoms. The van der Waals surface area contributed by atoms with E-state index in [4.69, 9.17) is 4.74 Å². The normalized spacial score (nSPS) is 15.2. The largest absolute Gasteiger partial charge is 0.497 e. The third-order valence-electron chi connectivity index (χ3n) is 5.51. The summed E-state index contributed by atoms with van der Waals surface area (Å²) in [6.45, 7) is 7.74. The minimum absolute atomic E-state index is 0.0811. The summed E-state index contributed by atoms with van der Waals surface area (Å²) in [4.78, 5) is 15.4. The number of nitrogens with one attached hydrogen (secondary N) is 2. The van der Waals surface area contributed by atoms with Gasteiger partial charge >= 0.3 is 0 Å². The van der Waals surface area contributed by atoms with Crippen LogP contribution in [0.4, 0.5) is 11.4 Å². The Bertz CT molecular complexity index is 1010. The molecule has 2 N–H and O–H groups in total. The average Bonchev–Trinajstić information content (AvgIpc) is 3.26. The number of hydrogen-bond donors (Lipinski definition) is 2. The van der Waals surface area contributed by atoms with Gasteiger partial charge in [-0.1, -0.05) is 13.8 Å². The summed E-state index contributed by atoms with van der Waals surface area (Å²) in [6, 6.07) is 11.0. The maximum atomic E-state index is 12.9. The van der Waals surface area contributed by atoms with Gasteiger partial charge in [-0.2, -0.15) is 4.72 Å². The molecule has 31 heavy (non-hydrogen) atoms. The minimum Gasteiger partial charge on any atom is -0.497 e. The van der Waals surface area contributed by atoms with Gasteiger partial charge < -0.3 is 15.0 Å². The van der Waals surface area contributed by atoms with Crippen molar-refractivity contribution in [1.82, 2.24) is 4.72 Å². The lowest BCUT2D eigenvalue weighted by molar-refractivity contribution is -0.118. The molecule has 2 aromatic carbocycles. The summed E-state index contributed by atoms with van der Waals surface area (Å²) >= 11 is 0. The molecule has 0 aliphatic carbocycles. The number of rotatable bonds is 8. The number of carbonyl (C=O) groups is 1. The average molecular weight is 446 g/mol. The Morgan fingerprint density at radius 3 is 2.26 bits per heavy atom. The highest BCUT2D eigenvalue weighted by atomic mass is 32.2. The predicted molar refractivity (Wildman–Crippen MR) is 123 cm³/mol. The summed E-state index contributed by atoms with van der Waals surface area (Å²) in [5, 5.41) is 2.87. The molecule has 1 aliphatic heterocycles. The van der Waals surface area contributed by atoms with E-state index in [0.29, 0.717) is 11.4 Å². The lowest BCUT2D eigenvalue weighted by Crippen LogP contribution is -2.47. The number of hydrogen-bond acceptors (Lipinski definition) is 5. The lowest BCUT2D eigenvalue weighted by atomic mass is 10.0. The van der Waals surface area contributed by atoms with E-state index < -0.39 is 16.1 Å². The SMILES string of the molecule is COc1ccc(S(=O)(=O)N[C@H](C(=O)Nc2ccc(N3CCCC3)c(C)c2)C(C)C)cc1. The summed E-state index contributed by atoms with van der Waals surface area (Å²) in [6.07, 6.45) is 2.39. The van der Waals surface area contributed by atoms with Gasteiger partial charge in [0.1, 0.15) is 11.8 Å². The molecule has 1 amide bonds. The zero-order valence-corrected chi connectivity index (χ0v) is 19.3. The molecule has 7 nitrogen and oxygen atoms in total. The van der Waals surface area contributed by atoms with Gasteiger partial charge in [0.05, 0.1) is 12.0 Å². The first-order valence-electron chi connectivity index (χ1n) is 10.5. The monoisotopic (exact) mass is 445 g/mol. The van der Waals surface area contributed by atoms with E-state index in [1.165, 1.54) is 37.8 Å². The molecule has 8 heteroatoms. The smallest absolute Gasteiger partial charge is 0.242 e. The fourth-order valence-electron chi connectivity index (χ4n) is 3.75. The number of amides is 1. The summed E-state index contributed by atoms with van der Waals surface area (Å²) in [7, 11) is -2.35. The van der Waals surface area contributed by atoms with Gasteiger partial charge in [0, 0.05) is 24.5 Å². The molecule has 0 unspecified atom stereocenters. The Morgan fingerprint density at radius 2 is 1.71 bits per heavy atom. The number of aryl methyl sites for hydroxylation is 1. The van der Waals surface area contributed by atoms with Crippen LogP contribution in [0.25, 0.3) is 0 Å². The highest BCUT2D eigenvalue weighted by Gasteiger charge is 2.28. The van der Waals surface area contributed by atoms with Crippen LogP contribution in [-0.2, 0) is 14.8 Å². The van der Waals surface area contributed by atoms with Gasteiger partial charge in [-0.05, 0) is 73.7 Å². The second kappa shape index (κ2) is 9.70. The van der Waals surface area contributed by atoms with Crippen molar-refractivity contribution in [2.75, 3.05) is 30.4 Å². The van der Waals surface area contributed by atoms with Crippen LogP contribution in [-0.4, -0.2) is 40.6 Å². The van der Waals surface area contributed by atoms with Crippen LogP contribution in [0.5, 0.6) is 5.75 Å². The van der Waals surface area contributed by atoms with E-state index in [-0.39, 0.29) is 16.7 Å². The van der Waals surface area contributed by atoms with Crippen molar-refractivity contribution < 1.29 is 17.9 Å². The van der Waals surface area contributed by atoms with Crippen LogP contribution in [0.1, 0.15) is 32.3 Å². The molecular formula is C23H31N3O4S. The van der Waals surface area contributed by atoms with E-state index in [1.807, 2.05) is 39.0 Å². The van der Waals surface area contributed by atoms with E-state index in [1.54, 1.807) is 12.1 Å². The number of methoxy groups -OCH3 is 1. The fourth-order valence-corrected chi connectivity index (χ4v) is 5.09. The van der Waals surface area contributed by atoms with Crippen molar-refractivity contribution >= 4 is 27.3 Å². The van der Waals surface area contributed by atoms with E-state index >= 15 is 0 Å². The van der Waals surface area contributed by atoms with Gasteiger partial charge in [-0.15, -0.1) is 0 Å². The molecule has 1 fully saturated rings. The lowest BCUT2D eigenvalue weighted by Gasteiger charge is -2.23. The van der Waals surface area contributed by atoms with Crippen molar-refractivity contribution in [2.45, 2.75) is 44.6 Å². The van der Waals surface area contributed by atoms with Crippen LogP contribution in [0.2, 0.25) is 0 Å². The van der Waals surface area contributed by atoms with Crippen molar-refractivity contribution in [2.24, 2.45) is 5.92 Å². The van der Waals surface area contributed by atoms with Crippen molar-refractivity contribution in [3.63, 3.8) is 0 Å². The predicted octanol–water partition coefficient (Wildman–Crippen LogP) is 3.55. The Labute approximate surface area is 184 Å². The molecule has 0 radical (unpaired) electrons. The van der Waals surface area contributed by atoms with Gasteiger partial charge in [-0.3, -0.25) is 4.79 Å². The molecular weight excluding hydrogens is 414 g/mol. The molecule has 2 aromatic rings. The van der Waals surface area contributed by atoms with Crippen LogP contribution in [0.15, 0.2) is 47.4 Å². The molecule has 0 bridgehead atoms. The maximum absolute atomic E-state index is 12.9. The van der Waals surface area contributed by atoms with Crippen LogP contribution < -0.4 is 19.7 Å². The van der Waals surface area contributed by atoms with Gasteiger partial charge in [0.15, 0.2) is 0 Å². The molecule has 0 aromatic heterocycles. The van der Waals surface area contributed by atoms with Crippen molar-refractivity contribution in [3.8, 4) is 5.75 Å². The summed E-state index contributed by atoms with van der Waals surface area (Å²) in [5.74, 6) is -0.0664.